The van der Waals surface area contributed by atoms with E-state index in [1.807, 2.05) is 106 Å². The summed E-state index contributed by atoms with van der Waals surface area (Å²) in [4.78, 5) is 51.1. The Bertz CT molecular complexity index is 1300. The van der Waals surface area contributed by atoms with E-state index in [0.717, 1.165) is 16.7 Å². The third-order valence-electron chi connectivity index (χ3n) is 6.73. The minimum absolute atomic E-state index is 0.0801. The fourth-order valence-corrected chi connectivity index (χ4v) is 4.65. The van der Waals surface area contributed by atoms with Gasteiger partial charge in [-0.3, -0.25) is 19.2 Å². The number of carbonyl (C=O) groups is 4. The van der Waals surface area contributed by atoms with Gasteiger partial charge in [0.2, 0.25) is 11.8 Å². The largest absolute Gasteiger partial charge is 0.351 e. The maximum atomic E-state index is 13.1. The molecule has 2 N–H and O–H groups in total. The molecule has 0 radical (unpaired) electrons. The number of unbranched alkanes of at least 4 members (excludes halogenated alkanes) is 2. The Morgan fingerprint density at radius 2 is 1.32 bits per heavy atom. The van der Waals surface area contributed by atoms with E-state index in [1.54, 1.807) is 0 Å². The molecule has 3 aromatic carbocycles. The van der Waals surface area contributed by atoms with Crippen molar-refractivity contribution in [3.8, 4) is 11.1 Å². The van der Waals surface area contributed by atoms with Crippen molar-refractivity contribution in [2.75, 3.05) is 0 Å². The molecule has 0 aromatic heterocycles. The van der Waals surface area contributed by atoms with Crippen LogP contribution >= 0.6 is 0 Å². The lowest BCUT2D eigenvalue weighted by atomic mass is 9.98. The summed E-state index contributed by atoms with van der Waals surface area (Å²) < 4.78 is 0. The molecule has 0 aliphatic rings. The van der Waals surface area contributed by atoms with Crippen LogP contribution in [-0.4, -0.2) is 35.0 Å². The molecule has 6 nitrogen and oxygen atoms in total. The molecule has 0 heterocycles. The number of hydrogen-bond acceptors (Lipinski definition) is 4. The fourth-order valence-electron chi connectivity index (χ4n) is 4.65. The predicted octanol–water partition coefficient (Wildman–Crippen LogP) is 6.48. The van der Waals surface area contributed by atoms with Crippen LogP contribution in [0.25, 0.3) is 11.1 Å². The topological polar surface area (TPSA) is 92.3 Å². The summed E-state index contributed by atoms with van der Waals surface area (Å²) in [6.07, 6.45) is 3.31. The van der Waals surface area contributed by atoms with Gasteiger partial charge in [-0.05, 0) is 62.8 Å². The second-order valence-electron chi connectivity index (χ2n) is 11.5. The lowest BCUT2D eigenvalue weighted by molar-refractivity contribution is -0.131. The van der Waals surface area contributed by atoms with Gasteiger partial charge in [0.05, 0.1) is 12.5 Å². The van der Waals surface area contributed by atoms with Crippen molar-refractivity contribution in [2.24, 2.45) is 0 Å². The van der Waals surface area contributed by atoms with Crippen LogP contribution in [0.4, 0.5) is 0 Å². The zero-order chi connectivity index (χ0) is 29.7. The molecule has 0 aliphatic heterocycles. The third-order valence-corrected chi connectivity index (χ3v) is 6.73. The first kappa shape index (κ1) is 31.5. The van der Waals surface area contributed by atoms with Crippen LogP contribution in [0.15, 0.2) is 84.9 Å². The van der Waals surface area contributed by atoms with Crippen molar-refractivity contribution < 1.29 is 19.2 Å². The highest BCUT2D eigenvalue weighted by atomic mass is 16.2. The number of nitrogens with one attached hydrogen (secondary N) is 2. The number of hydrogen-bond donors (Lipinski definition) is 2. The molecule has 0 fully saturated rings. The zero-order valence-electron chi connectivity index (χ0n) is 24.5. The Labute approximate surface area is 243 Å². The summed E-state index contributed by atoms with van der Waals surface area (Å²) in [6.45, 7) is 5.62. The number of amides is 2. The van der Waals surface area contributed by atoms with E-state index in [-0.39, 0.29) is 42.6 Å². The lowest BCUT2D eigenvalue weighted by Crippen LogP contribution is -2.47. The summed E-state index contributed by atoms with van der Waals surface area (Å²) in [6, 6.07) is 26.4. The van der Waals surface area contributed by atoms with Crippen molar-refractivity contribution >= 4 is 23.4 Å². The molecule has 1 atom stereocenters. The Balaban J connectivity index is 1.48. The maximum Gasteiger partial charge on any atom is 0.222 e. The summed E-state index contributed by atoms with van der Waals surface area (Å²) in [5.41, 5.74) is 3.37. The molecule has 3 aromatic rings. The molecule has 41 heavy (non-hydrogen) atoms. The molecule has 2 amide bonds. The molecule has 0 aliphatic carbocycles. The SMILES string of the molecule is CC(C)(C)NC(=O)C[C@H](NC(=O)CCc1ccccc1)C(=O)CCCCCC(=O)c1cccc(-c2ccccc2)c1. The van der Waals surface area contributed by atoms with E-state index in [9.17, 15) is 19.2 Å². The molecule has 0 unspecified atom stereocenters. The molecule has 0 saturated heterocycles. The normalized spacial score (nSPS) is 11.9. The summed E-state index contributed by atoms with van der Waals surface area (Å²) in [5.74, 6) is -0.609. The van der Waals surface area contributed by atoms with Crippen LogP contribution in [-0.2, 0) is 20.8 Å². The molecule has 6 heteroatoms. The first-order valence-corrected chi connectivity index (χ1v) is 14.5. The summed E-state index contributed by atoms with van der Waals surface area (Å²) in [5, 5.41) is 5.67. The predicted molar refractivity (Wildman–Crippen MR) is 164 cm³/mol. The summed E-state index contributed by atoms with van der Waals surface area (Å²) >= 11 is 0. The lowest BCUT2D eigenvalue weighted by Gasteiger charge is -2.23. The van der Waals surface area contributed by atoms with Gasteiger partial charge >= 0.3 is 0 Å². The highest BCUT2D eigenvalue weighted by Gasteiger charge is 2.25. The minimum Gasteiger partial charge on any atom is -0.351 e. The van der Waals surface area contributed by atoms with E-state index in [2.05, 4.69) is 10.6 Å². The highest BCUT2D eigenvalue weighted by molar-refractivity contribution is 5.97. The fraction of sp³-hybridized carbons (Fsp3) is 0.371. The van der Waals surface area contributed by atoms with Crippen molar-refractivity contribution in [3.63, 3.8) is 0 Å². The quantitative estimate of drug-likeness (QED) is 0.166. The highest BCUT2D eigenvalue weighted by Crippen LogP contribution is 2.21. The molecular weight excluding hydrogens is 512 g/mol. The minimum atomic E-state index is -0.872. The Hall–Kier alpha value is -4.06. The van der Waals surface area contributed by atoms with Crippen LogP contribution in [0, 0.1) is 0 Å². The Morgan fingerprint density at radius 1 is 0.683 bits per heavy atom. The van der Waals surface area contributed by atoms with Gasteiger partial charge in [-0.1, -0.05) is 85.3 Å². The molecule has 0 spiro atoms. The van der Waals surface area contributed by atoms with E-state index in [1.165, 1.54) is 0 Å². The van der Waals surface area contributed by atoms with Gasteiger partial charge in [-0.15, -0.1) is 0 Å². The van der Waals surface area contributed by atoms with Crippen LogP contribution in [0.2, 0.25) is 0 Å². The second-order valence-corrected chi connectivity index (χ2v) is 11.5. The first-order valence-electron chi connectivity index (χ1n) is 14.5. The Morgan fingerprint density at radius 3 is 2.00 bits per heavy atom. The number of ketones is 2. The van der Waals surface area contributed by atoms with Gasteiger partial charge in [0.15, 0.2) is 11.6 Å². The van der Waals surface area contributed by atoms with E-state index < -0.39 is 11.6 Å². The van der Waals surface area contributed by atoms with Crippen molar-refractivity contribution in [2.45, 2.75) is 83.7 Å². The number of benzene rings is 3. The smallest absolute Gasteiger partial charge is 0.222 e. The number of aryl methyl sites for hydroxylation is 1. The van der Waals surface area contributed by atoms with Crippen LogP contribution in [0.1, 0.15) is 81.6 Å². The van der Waals surface area contributed by atoms with Gasteiger partial charge in [0, 0.05) is 30.4 Å². The van der Waals surface area contributed by atoms with Gasteiger partial charge in [-0.25, -0.2) is 0 Å². The first-order chi connectivity index (χ1) is 19.6. The van der Waals surface area contributed by atoms with Gasteiger partial charge in [-0.2, -0.15) is 0 Å². The number of carbonyl (C=O) groups excluding carboxylic acids is 4. The molecule has 0 saturated carbocycles. The standard InChI is InChI=1S/C35H42N2O4/c1-35(2,3)37-34(41)25-30(36-33(40)23-22-26-14-7-4-8-15-26)32(39)21-12-6-11-20-31(38)29-19-13-18-28(24-29)27-16-9-5-10-17-27/h4-5,7-10,13-19,24,30H,6,11-12,20-23,25H2,1-3H3,(H,36,40)(H,37,41)/t30-/m0/s1. The molecular formula is C35H42N2O4. The van der Waals surface area contributed by atoms with E-state index in [0.29, 0.717) is 37.7 Å². The monoisotopic (exact) mass is 554 g/mol. The molecule has 216 valence electrons. The molecule has 3 rings (SSSR count). The number of rotatable bonds is 15. The average Bonchev–Trinajstić information content (AvgIpc) is 2.95. The van der Waals surface area contributed by atoms with Crippen molar-refractivity contribution in [1.82, 2.24) is 10.6 Å². The van der Waals surface area contributed by atoms with Gasteiger partial charge in [0.1, 0.15) is 0 Å². The van der Waals surface area contributed by atoms with E-state index >= 15 is 0 Å². The summed E-state index contributed by atoms with van der Waals surface area (Å²) in [7, 11) is 0. The van der Waals surface area contributed by atoms with E-state index in [4.69, 9.17) is 0 Å². The number of Topliss-reactive ketones (excluding diaryl/α,β-unsaturated/α-hetero) is 2. The van der Waals surface area contributed by atoms with Crippen molar-refractivity contribution in [1.29, 1.82) is 0 Å². The third kappa shape index (κ3) is 11.5. The maximum absolute atomic E-state index is 13.1. The second kappa shape index (κ2) is 15.7. The van der Waals surface area contributed by atoms with Crippen molar-refractivity contribution in [3.05, 3.63) is 96.1 Å². The Kier molecular flexibility index (Phi) is 12.0. The van der Waals surface area contributed by atoms with Gasteiger partial charge in [0.25, 0.3) is 0 Å². The zero-order valence-corrected chi connectivity index (χ0v) is 24.5. The van der Waals surface area contributed by atoms with Gasteiger partial charge < -0.3 is 10.6 Å². The molecule has 0 bridgehead atoms. The average molecular weight is 555 g/mol. The van der Waals surface area contributed by atoms with Crippen LogP contribution in [0.5, 0.6) is 0 Å². The van der Waals surface area contributed by atoms with Crippen LogP contribution < -0.4 is 10.6 Å². The van der Waals surface area contributed by atoms with Crippen LogP contribution in [0.3, 0.4) is 0 Å².